The van der Waals surface area contributed by atoms with Gasteiger partial charge in [-0.3, -0.25) is 4.90 Å². The maximum absolute atomic E-state index is 9.25. The molecule has 1 aliphatic heterocycles. The van der Waals surface area contributed by atoms with E-state index >= 15 is 0 Å². The molecule has 5 heteroatoms. The first-order valence-electron chi connectivity index (χ1n) is 6.10. The first kappa shape index (κ1) is 13.8. The lowest BCUT2D eigenvalue weighted by Gasteiger charge is -2.34. The van der Waals surface area contributed by atoms with E-state index in [9.17, 15) is 5.11 Å². The summed E-state index contributed by atoms with van der Waals surface area (Å²) in [7, 11) is 0. The fraction of sp³-hybridized carbons (Fsp3) is 0.538. The van der Waals surface area contributed by atoms with Crippen molar-refractivity contribution in [2.75, 3.05) is 39.5 Å². The summed E-state index contributed by atoms with van der Waals surface area (Å²) in [5, 5.41) is 9.25. The number of nitrogens with zero attached hydrogens (tertiary/aromatic N) is 1. The van der Waals surface area contributed by atoms with Gasteiger partial charge in [0.05, 0.1) is 25.9 Å². The molecule has 1 unspecified atom stereocenters. The Morgan fingerprint density at radius 3 is 3.17 bits per heavy atom. The van der Waals surface area contributed by atoms with Crippen molar-refractivity contribution in [1.82, 2.24) is 4.90 Å². The second kappa shape index (κ2) is 7.09. The molecule has 0 saturated carbocycles. The van der Waals surface area contributed by atoms with Gasteiger partial charge < -0.3 is 14.6 Å². The predicted molar refractivity (Wildman–Crippen MR) is 72.9 cm³/mol. The van der Waals surface area contributed by atoms with Gasteiger partial charge in [0, 0.05) is 17.6 Å². The zero-order chi connectivity index (χ0) is 12.8. The molecular formula is C13H18BrNO3. The minimum Gasteiger partial charge on any atom is -0.492 e. The van der Waals surface area contributed by atoms with E-state index in [0.29, 0.717) is 13.2 Å². The molecular weight excluding hydrogens is 298 g/mol. The van der Waals surface area contributed by atoms with E-state index in [1.807, 2.05) is 24.3 Å². The fourth-order valence-corrected chi connectivity index (χ4v) is 2.37. The van der Waals surface area contributed by atoms with Crippen LogP contribution in [0, 0.1) is 0 Å². The van der Waals surface area contributed by atoms with Crippen molar-refractivity contribution in [1.29, 1.82) is 0 Å². The molecule has 0 aromatic heterocycles. The normalized spacial score (nSPS) is 20.9. The minimum absolute atomic E-state index is 0.102. The summed E-state index contributed by atoms with van der Waals surface area (Å²) in [5.41, 5.74) is 0. The third kappa shape index (κ3) is 3.95. The molecule has 1 atom stereocenters. The lowest BCUT2D eigenvalue weighted by atomic mass is 10.2. The molecule has 100 valence electrons. The lowest BCUT2D eigenvalue weighted by Crippen LogP contribution is -2.48. The van der Waals surface area contributed by atoms with Crippen LogP contribution in [-0.4, -0.2) is 55.6 Å². The molecule has 1 aromatic rings. The average Bonchev–Trinajstić information content (AvgIpc) is 2.39. The maximum atomic E-state index is 9.25. The van der Waals surface area contributed by atoms with Crippen molar-refractivity contribution in [2.45, 2.75) is 6.04 Å². The molecule has 18 heavy (non-hydrogen) atoms. The summed E-state index contributed by atoms with van der Waals surface area (Å²) in [4.78, 5) is 2.21. The number of hydrogen-bond donors (Lipinski definition) is 1. The minimum atomic E-state index is 0.102. The Morgan fingerprint density at radius 2 is 2.39 bits per heavy atom. The highest BCUT2D eigenvalue weighted by Crippen LogP contribution is 2.17. The molecule has 0 amide bonds. The van der Waals surface area contributed by atoms with Gasteiger partial charge in [0.15, 0.2) is 0 Å². The largest absolute Gasteiger partial charge is 0.492 e. The molecule has 0 radical (unpaired) electrons. The highest BCUT2D eigenvalue weighted by atomic mass is 79.9. The second-order valence-corrected chi connectivity index (χ2v) is 5.17. The number of halogens is 1. The molecule has 2 rings (SSSR count). The molecule has 0 bridgehead atoms. The van der Waals surface area contributed by atoms with Crippen LogP contribution in [0.2, 0.25) is 0 Å². The fourth-order valence-electron chi connectivity index (χ4n) is 1.99. The Labute approximate surface area is 116 Å². The summed E-state index contributed by atoms with van der Waals surface area (Å²) in [6.45, 7) is 3.75. The lowest BCUT2D eigenvalue weighted by molar-refractivity contribution is -0.0312. The van der Waals surface area contributed by atoms with Crippen LogP contribution in [0.25, 0.3) is 0 Å². The van der Waals surface area contributed by atoms with Crippen LogP contribution in [-0.2, 0) is 4.74 Å². The molecule has 0 aliphatic carbocycles. The Morgan fingerprint density at radius 1 is 1.50 bits per heavy atom. The van der Waals surface area contributed by atoms with Gasteiger partial charge >= 0.3 is 0 Å². The molecule has 1 fully saturated rings. The summed E-state index contributed by atoms with van der Waals surface area (Å²) >= 11 is 3.41. The maximum Gasteiger partial charge on any atom is 0.120 e. The van der Waals surface area contributed by atoms with Crippen LogP contribution in [0.1, 0.15) is 0 Å². The summed E-state index contributed by atoms with van der Waals surface area (Å²) < 4.78 is 12.0. The van der Waals surface area contributed by atoms with Crippen molar-refractivity contribution in [3.05, 3.63) is 28.7 Å². The topological polar surface area (TPSA) is 41.9 Å². The van der Waals surface area contributed by atoms with Crippen LogP contribution in [0.4, 0.5) is 0 Å². The number of hydrogen-bond acceptors (Lipinski definition) is 4. The van der Waals surface area contributed by atoms with Crippen LogP contribution in [0.5, 0.6) is 5.75 Å². The highest BCUT2D eigenvalue weighted by Gasteiger charge is 2.21. The molecule has 1 aliphatic rings. The van der Waals surface area contributed by atoms with Gasteiger partial charge in [-0.2, -0.15) is 0 Å². The molecule has 4 nitrogen and oxygen atoms in total. The Kier molecular flexibility index (Phi) is 5.44. The van der Waals surface area contributed by atoms with Crippen molar-refractivity contribution in [2.24, 2.45) is 0 Å². The molecule has 1 heterocycles. The average molecular weight is 316 g/mol. The number of ether oxygens (including phenoxy) is 2. The first-order valence-corrected chi connectivity index (χ1v) is 6.90. The van der Waals surface area contributed by atoms with Crippen LogP contribution < -0.4 is 4.74 Å². The standard InChI is InChI=1S/C13H18BrNO3/c14-11-2-1-3-13(8-11)18-7-5-15-4-6-17-10-12(15)9-16/h1-3,8,12,16H,4-7,9-10H2. The number of rotatable bonds is 5. The van der Waals surface area contributed by atoms with Crippen molar-refractivity contribution in [3.8, 4) is 5.75 Å². The van der Waals surface area contributed by atoms with Gasteiger partial charge in [0.1, 0.15) is 12.4 Å². The molecule has 1 saturated heterocycles. The zero-order valence-corrected chi connectivity index (χ0v) is 11.8. The van der Waals surface area contributed by atoms with Gasteiger partial charge in [-0.05, 0) is 18.2 Å². The van der Waals surface area contributed by atoms with Gasteiger partial charge in [-0.25, -0.2) is 0 Å². The Hall–Kier alpha value is -0.620. The Balaban J connectivity index is 1.77. The van der Waals surface area contributed by atoms with Gasteiger partial charge in [0.2, 0.25) is 0 Å². The Bertz CT molecular complexity index is 375. The van der Waals surface area contributed by atoms with E-state index in [4.69, 9.17) is 9.47 Å². The third-order valence-corrected chi connectivity index (χ3v) is 3.50. The van der Waals surface area contributed by atoms with Gasteiger partial charge in [-0.1, -0.05) is 22.0 Å². The predicted octanol–water partition coefficient (Wildman–Crippen LogP) is 1.52. The van der Waals surface area contributed by atoms with E-state index in [1.165, 1.54) is 0 Å². The first-order chi connectivity index (χ1) is 8.79. The number of morpholine rings is 1. The number of aliphatic hydroxyl groups is 1. The smallest absolute Gasteiger partial charge is 0.120 e. The van der Waals surface area contributed by atoms with E-state index in [-0.39, 0.29) is 12.6 Å². The van der Waals surface area contributed by atoms with Crippen molar-refractivity contribution >= 4 is 15.9 Å². The summed E-state index contributed by atoms with van der Waals surface area (Å²) in [6.07, 6.45) is 0. The van der Waals surface area contributed by atoms with E-state index in [1.54, 1.807) is 0 Å². The SMILES string of the molecule is OCC1COCCN1CCOc1cccc(Br)c1. The monoisotopic (exact) mass is 315 g/mol. The van der Waals surface area contributed by atoms with Crippen LogP contribution in [0.15, 0.2) is 28.7 Å². The number of benzene rings is 1. The van der Waals surface area contributed by atoms with E-state index in [2.05, 4.69) is 20.8 Å². The molecule has 1 N–H and O–H groups in total. The molecule has 1 aromatic carbocycles. The third-order valence-electron chi connectivity index (χ3n) is 3.00. The van der Waals surface area contributed by atoms with Gasteiger partial charge in [-0.15, -0.1) is 0 Å². The van der Waals surface area contributed by atoms with Crippen LogP contribution in [0.3, 0.4) is 0 Å². The quantitative estimate of drug-likeness (QED) is 0.894. The van der Waals surface area contributed by atoms with Crippen molar-refractivity contribution < 1.29 is 14.6 Å². The zero-order valence-electron chi connectivity index (χ0n) is 10.2. The highest BCUT2D eigenvalue weighted by molar-refractivity contribution is 9.10. The molecule has 0 spiro atoms. The second-order valence-electron chi connectivity index (χ2n) is 4.25. The number of aliphatic hydroxyl groups excluding tert-OH is 1. The van der Waals surface area contributed by atoms with Gasteiger partial charge in [0.25, 0.3) is 0 Å². The van der Waals surface area contributed by atoms with Crippen molar-refractivity contribution in [3.63, 3.8) is 0 Å². The van der Waals surface area contributed by atoms with E-state index in [0.717, 1.165) is 29.9 Å². The van der Waals surface area contributed by atoms with E-state index < -0.39 is 0 Å². The van der Waals surface area contributed by atoms with Crippen LogP contribution >= 0.6 is 15.9 Å². The summed E-state index contributed by atoms with van der Waals surface area (Å²) in [5.74, 6) is 0.859. The summed E-state index contributed by atoms with van der Waals surface area (Å²) in [6, 6.07) is 7.91.